The molecule has 1 aromatic rings. The van der Waals surface area contributed by atoms with Gasteiger partial charge in [0.15, 0.2) is 0 Å². The smallest absolute Gasteiger partial charge is 0.225 e. The Labute approximate surface area is 137 Å². The number of nitrogens with one attached hydrogen (secondary N) is 1. The summed E-state index contributed by atoms with van der Waals surface area (Å²) in [5, 5.41) is 3.43. The number of amides is 1. The lowest BCUT2D eigenvalue weighted by Gasteiger charge is -2.30. The maximum atomic E-state index is 12.7. The van der Waals surface area contributed by atoms with Crippen LogP contribution in [0.1, 0.15) is 26.2 Å². The zero-order valence-electron chi connectivity index (χ0n) is 13.3. The minimum atomic E-state index is 0.247. The number of nitrogens with zero attached hydrogens (tertiary/aromatic N) is 1. The molecule has 3 rings (SSSR count). The predicted octanol–water partition coefficient (Wildman–Crippen LogP) is 3.02. The third-order valence-electron chi connectivity index (χ3n) is 4.80. The van der Waals surface area contributed by atoms with Crippen LogP contribution in [-0.4, -0.2) is 42.2 Å². The van der Waals surface area contributed by atoms with E-state index in [2.05, 4.69) is 47.5 Å². The first-order chi connectivity index (χ1) is 10.7. The van der Waals surface area contributed by atoms with E-state index in [0.717, 1.165) is 44.6 Å². The van der Waals surface area contributed by atoms with Crippen LogP contribution in [-0.2, 0) is 4.79 Å². The molecule has 22 heavy (non-hydrogen) atoms. The summed E-state index contributed by atoms with van der Waals surface area (Å²) in [6.07, 6.45) is 3.16. The van der Waals surface area contributed by atoms with Crippen molar-refractivity contribution in [2.24, 2.45) is 11.8 Å². The molecule has 2 heterocycles. The molecule has 2 aliphatic heterocycles. The lowest BCUT2D eigenvalue weighted by Crippen LogP contribution is -2.43. The summed E-state index contributed by atoms with van der Waals surface area (Å²) in [5.41, 5.74) is 0. The number of hydrogen-bond donors (Lipinski definition) is 1. The quantitative estimate of drug-likeness (QED) is 0.866. The van der Waals surface area contributed by atoms with Crippen LogP contribution >= 0.6 is 11.8 Å². The molecule has 2 saturated heterocycles. The summed E-state index contributed by atoms with van der Waals surface area (Å²) in [6.45, 7) is 5.08. The van der Waals surface area contributed by atoms with Crippen molar-refractivity contribution in [1.82, 2.24) is 10.2 Å². The largest absolute Gasteiger partial charge is 0.342 e. The first-order valence-electron chi connectivity index (χ1n) is 8.42. The normalized spacial score (nSPS) is 28.8. The van der Waals surface area contributed by atoms with Crippen molar-refractivity contribution in [1.29, 1.82) is 0 Å². The van der Waals surface area contributed by atoms with Gasteiger partial charge in [0.25, 0.3) is 0 Å². The van der Waals surface area contributed by atoms with Crippen LogP contribution in [0.3, 0.4) is 0 Å². The van der Waals surface area contributed by atoms with Crippen LogP contribution in [0, 0.1) is 11.8 Å². The van der Waals surface area contributed by atoms with Gasteiger partial charge in [-0.2, -0.15) is 0 Å². The van der Waals surface area contributed by atoms with Gasteiger partial charge in [0.1, 0.15) is 0 Å². The van der Waals surface area contributed by atoms with Crippen LogP contribution in [0.25, 0.3) is 0 Å². The van der Waals surface area contributed by atoms with Crippen molar-refractivity contribution in [3.05, 3.63) is 30.3 Å². The second-order valence-corrected chi connectivity index (χ2v) is 7.73. The van der Waals surface area contributed by atoms with Crippen molar-refractivity contribution in [3.8, 4) is 0 Å². The van der Waals surface area contributed by atoms with Gasteiger partial charge in [-0.05, 0) is 50.8 Å². The monoisotopic (exact) mass is 318 g/mol. The fraction of sp³-hybridized carbons (Fsp3) is 0.611. The third kappa shape index (κ3) is 4.05. The van der Waals surface area contributed by atoms with Crippen LogP contribution in [0.5, 0.6) is 0 Å². The van der Waals surface area contributed by atoms with E-state index in [9.17, 15) is 4.79 Å². The number of rotatable bonds is 4. The molecule has 0 aromatic heterocycles. The predicted molar refractivity (Wildman–Crippen MR) is 92.0 cm³/mol. The second kappa shape index (κ2) is 7.51. The fourth-order valence-corrected chi connectivity index (χ4v) is 4.56. The van der Waals surface area contributed by atoms with E-state index in [-0.39, 0.29) is 5.92 Å². The Hall–Kier alpha value is -1.00. The first-order valence-corrected chi connectivity index (χ1v) is 9.41. The van der Waals surface area contributed by atoms with E-state index in [1.54, 1.807) is 0 Å². The zero-order valence-corrected chi connectivity index (χ0v) is 14.1. The molecule has 3 atom stereocenters. The summed E-state index contributed by atoms with van der Waals surface area (Å²) < 4.78 is 0. The minimum Gasteiger partial charge on any atom is -0.342 e. The average Bonchev–Trinajstić information content (AvgIpc) is 3.02. The van der Waals surface area contributed by atoms with Crippen LogP contribution in [0.2, 0.25) is 0 Å². The maximum absolute atomic E-state index is 12.7. The number of benzene rings is 1. The number of carbonyl (C=O) groups excluding carboxylic acids is 1. The Morgan fingerprint density at radius 2 is 2.14 bits per heavy atom. The van der Waals surface area contributed by atoms with Gasteiger partial charge < -0.3 is 10.2 Å². The van der Waals surface area contributed by atoms with E-state index in [1.165, 1.54) is 4.90 Å². The third-order valence-corrected chi connectivity index (χ3v) is 6.04. The highest BCUT2D eigenvalue weighted by Gasteiger charge is 2.32. The van der Waals surface area contributed by atoms with E-state index in [4.69, 9.17) is 0 Å². The molecule has 1 unspecified atom stereocenters. The second-order valence-electron chi connectivity index (χ2n) is 6.64. The molecule has 0 bridgehead atoms. The van der Waals surface area contributed by atoms with Crippen molar-refractivity contribution in [2.45, 2.75) is 37.1 Å². The van der Waals surface area contributed by atoms with E-state index in [1.807, 2.05) is 11.8 Å². The molecule has 0 aliphatic carbocycles. The van der Waals surface area contributed by atoms with Crippen LogP contribution in [0.15, 0.2) is 35.2 Å². The van der Waals surface area contributed by atoms with E-state index >= 15 is 0 Å². The molecule has 4 heteroatoms. The number of thioether (sulfide) groups is 1. The topological polar surface area (TPSA) is 32.3 Å². The Morgan fingerprint density at radius 3 is 2.91 bits per heavy atom. The van der Waals surface area contributed by atoms with Gasteiger partial charge in [-0.1, -0.05) is 18.2 Å². The molecule has 1 amide bonds. The van der Waals surface area contributed by atoms with Gasteiger partial charge in [-0.15, -0.1) is 11.8 Å². The minimum absolute atomic E-state index is 0.247. The molecule has 3 nitrogen and oxygen atoms in total. The van der Waals surface area contributed by atoms with Crippen molar-refractivity contribution < 1.29 is 4.79 Å². The van der Waals surface area contributed by atoms with Gasteiger partial charge in [0.05, 0.1) is 0 Å². The highest BCUT2D eigenvalue weighted by atomic mass is 32.2. The zero-order chi connectivity index (χ0) is 15.4. The summed E-state index contributed by atoms with van der Waals surface area (Å²) in [4.78, 5) is 16.1. The highest BCUT2D eigenvalue weighted by molar-refractivity contribution is 7.99. The molecule has 120 valence electrons. The fourth-order valence-electron chi connectivity index (χ4n) is 3.51. The molecule has 0 spiro atoms. The Bertz CT molecular complexity index is 493. The summed E-state index contributed by atoms with van der Waals surface area (Å²) >= 11 is 1.92. The Balaban J connectivity index is 1.46. The molecular formula is C18H26N2OS. The lowest BCUT2D eigenvalue weighted by molar-refractivity contribution is -0.135. The summed E-state index contributed by atoms with van der Waals surface area (Å²) in [6, 6.07) is 11.0. The molecule has 2 aliphatic rings. The van der Waals surface area contributed by atoms with Gasteiger partial charge in [-0.25, -0.2) is 0 Å². The van der Waals surface area contributed by atoms with Crippen molar-refractivity contribution in [2.75, 3.05) is 25.4 Å². The summed E-state index contributed by atoms with van der Waals surface area (Å²) in [7, 11) is 0. The molecular weight excluding hydrogens is 292 g/mol. The van der Waals surface area contributed by atoms with Crippen LogP contribution < -0.4 is 5.32 Å². The average molecular weight is 318 g/mol. The maximum Gasteiger partial charge on any atom is 0.225 e. The van der Waals surface area contributed by atoms with Gasteiger partial charge >= 0.3 is 0 Å². The van der Waals surface area contributed by atoms with Gasteiger partial charge in [0.2, 0.25) is 5.91 Å². The number of likely N-dealkylation sites (tertiary alicyclic amines) is 1. The Kier molecular flexibility index (Phi) is 5.42. The molecule has 0 saturated carbocycles. The van der Waals surface area contributed by atoms with Crippen molar-refractivity contribution in [3.63, 3.8) is 0 Å². The number of carbonyl (C=O) groups is 1. The highest BCUT2D eigenvalue weighted by Crippen LogP contribution is 2.28. The van der Waals surface area contributed by atoms with Crippen LogP contribution in [0.4, 0.5) is 0 Å². The number of piperidine rings is 1. The SMILES string of the molecule is C[C@H]1C[C@@H](C(=O)N2CCC(CSc3ccccc3)C2)CCN1. The lowest BCUT2D eigenvalue weighted by atomic mass is 9.92. The number of hydrogen-bond acceptors (Lipinski definition) is 3. The van der Waals surface area contributed by atoms with E-state index < -0.39 is 0 Å². The van der Waals surface area contributed by atoms with Crippen molar-refractivity contribution >= 4 is 17.7 Å². The van der Waals surface area contributed by atoms with Gasteiger partial charge in [0, 0.05) is 35.7 Å². The van der Waals surface area contributed by atoms with E-state index in [0.29, 0.717) is 17.9 Å². The molecule has 1 N–H and O–H groups in total. The molecule has 2 fully saturated rings. The molecule has 1 aromatic carbocycles. The standard InChI is InChI=1S/C18H26N2OS/c1-14-11-16(7-9-19-14)18(21)20-10-8-15(12-20)13-22-17-5-3-2-4-6-17/h2-6,14-16,19H,7-13H2,1H3/t14-,15?,16-/m0/s1. The summed E-state index contributed by atoms with van der Waals surface area (Å²) in [5.74, 6) is 2.42. The first kappa shape index (κ1) is 15.9. The molecule has 0 radical (unpaired) electrons. The van der Waals surface area contributed by atoms with Gasteiger partial charge in [-0.3, -0.25) is 4.79 Å². The Morgan fingerprint density at radius 1 is 1.32 bits per heavy atom.